The molecule has 0 spiro atoms. The lowest BCUT2D eigenvalue weighted by atomic mass is 9.96. The molecule has 3 nitrogen and oxygen atoms in total. The molecule has 102 valence electrons. The number of benzene rings is 1. The molecule has 0 aromatic heterocycles. The van der Waals surface area contributed by atoms with Gasteiger partial charge in [0.15, 0.2) is 0 Å². The van der Waals surface area contributed by atoms with E-state index in [1.54, 1.807) is 0 Å². The summed E-state index contributed by atoms with van der Waals surface area (Å²) in [5, 5.41) is 12.5. The van der Waals surface area contributed by atoms with Crippen molar-refractivity contribution in [2.75, 3.05) is 18.0 Å². The van der Waals surface area contributed by atoms with Crippen LogP contribution in [0.2, 0.25) is 0 Å². The molecule has 1 fully saturated rings. The second-order valence-electron chi connectivity index (χ2n) is 6.26. The Labute approximate surface area is 116 Å². The minimum Gasteiger partial charge on any atom is -0.368 e. The van der Waals surface area contributed by atoms with E-state index < -0.39 is 0 Å². The smallest absolute Gasteiger partial charge is 0.0638 e. The molecule has 1 heterocycles. The van der Waals surface area contributed by atoms with Gasteiger partial charge >= 0.3 is 0 Å². The van der Waals surface area contributed by atoms with Gasteiger partial charge in [0.1, 0.15) is 0 Å². The van der Waals surface area contributed by atoms with Crippen LogP contribution in [0.1, 0.15) is 31.4 Å². The molecule has 0 aliphatic carbocycles. The molecule has 0 amide bonds. The molecule has 0 radical (unpaired) electrons. The second kappa shape index (κ2) is 5.22. The van der Waals surface area contributed by atoms with Gasteiger partial charge in [0.05, 0.1) is 12.5 Å². The molecular weight excluding hydrogens is 234 g/mol. The fourth-order valence-electron chi connectivity index (χ4n) is 2.92. The van der Waals surface area contributed by atoms with Crippen LogP contribution in [0, 0.1) is 25.2 Å². The zero-order valence-corrected chi connectivity index (χ0v) is 12.3. The van der Waals surface area contributed by atoms with Crippen molar-refractivity contribution in [3.05, 3.63) is 29.3 Å². The van der Waals surface area contributed by atoms with Crippen molar-refractivity contribution in [1.82, 2.24) is 5.32 Å². The molecule has 1 unspecified atom stereocenters. The zero-order valence-electron chi connectivity index (χ0n) is 12.3. The number of rotatable bonds is 2. The number of nitriles is 1. The van der Waals surface area contributed by atoms with Gasteiger partial charge in [-0.1, -0.05) is 12.1 Å². The summed E-state index contributed by atoms with van der Waals surface area (Å²) >= 11 is 0. The molecule has 1 atom stereocenters. The van der Waals surface area contributed by atoms with E-state index in [4.69, 9.17) is 5.26 Å². The summed E-state index contributed by atoms with van der Waals surface area (Å²) in [7, 11) is 0. The van der Waals surface area contributed by atoms with Crippen LogP contribution in [-0.2, 0) is 0 Å². The zero-order chi connectivity index (χ0) is 14.0. The Kier molecular flexibility index (Phi) is 3.82. The maximum Gasteiger partial charge on any atom is 0.0638 e. The number of hydrogen-bond donors (Lipinski definition) is 1. The first-order valence-corrected chi connectivity index (χ1v) is 6.88. The third-order valence-corrected chi connectivity index (χ3v) is 3.66. The van der Waals surface area contributed by atoms with Crippen LogP contribution >= 0.6 is 0 Å². The third kappa shape index (κ3) is 3.27. The van der Waals surface area contributed by atoms with Crippen molar-refractivity contribution in [3.63, 3.8) is 0 Å². The summed E-state index contributed by atoms with van der Waals surface area (Å²) in [6, 6.07) is 9.11. The summed E-state index contributed by atoms with van der Waals surface area (Å²) in [5.74, 6) is 0. The van der Waals surface area contributed by atoms with Crippen molar-refractivity contribution < 1.29 is 0 Å². The van der Waals surface area contributed by atoms with Crippen molar-refractivity contribution in [3.8, 4) is 6.07 Å². The molecule has 2 rings (SSSR count). The highest BCUT2D eigenvalue weighted by Gasteiger charge is 2.32. The Hall–Kier alpha value is -1.53. The first-order valence-electron chi connectivity index (χ1n) is 6.88. The van der Waals surface area contributed by atoms with E-state index in [0.29, 0.717) is 6.42 Å². The van der Waals surface area contributed by atoms with Crippen molar-refractivity contribution in [1.29, 1.82) is 5.26 Å². The van der Waals surface area contributed by atoms with Crippen molar-refractivity contribution in [2.24, 2.45) is 0 Å². The Morgan fingerprint density at radius 1 is 1.42 bits per heavy atom. The number of anilines is 1. The van der Waals surface area contributed by atoms with Gasteiger partial charge in [-0.05, 0) is 44.9 Å². The molecule has 0 saturated carbocycles. The Morgan fingerprint density at radius 2 is 2.16 bits per heavy atom. The predicted octanol–water partition coefficient (Wildman–Crippen LogP) is 2.77. The Balaban J connectivity index is 2.28. The summed E-state index contributed by atoms with van der Waals surface area (Å²) < 4.78 is 0. The average Bonchev–Trinajstić information content (AvgIpc) is 2.30. The van der Waals surface area contributed by atoms with Gasteiger partial charge in [0.2, 0.25) is 0 Å². The molecule has 1 aliphatic heterocycles. The van der Waals surface area contributed by atoms with Crippen LogP contribution < -0.4 is 10.2 Å². The van der Waals surface area contributed by atoms with Crippen molar-refractivity contribution in [2.45, 2.75) is 45.7 Å². The SMILES string of the molecule is Cc1ccc(C)c(N2CC(CC#N)NC(C)(C)C2)c1. The van der Waals surface area contributed by atoms with Gasteiger partial charge in [-0.2, -0.15) is 5.26 Å². The first-order chi connectivity index (χ1) is 8.91. The van der Waals surface area contributed by atoms with Crippen LogP contribution in [0.5, 0.6) is 0 Å². The van der Waals surface area contributed by atoms with Crippen LogP contribution in [-0.4, -0.2) is 24.7 Å². The third-order valence-electron chi connectivity index (χ3n) is 3.66. The second-order valence-corrected chi connectivity index (χ2v) is 6.26. The first kappa shape index (κ1) is 13.9. The summed E-state index contributed by atoms with van der Waals surface area (Å²) in [6.45, 7) is 10.6. The van der Waals surface area contributed by atoms with Crippen LogP contribution in [0.15, 0.2) is 18.2 Å². The van der Waals surface area contributed by atoms with Gasteiger partial charge in [0.25, 0.3) is 0 Å². The summed E-state index contributed by atoms with van der Waals surface area (Å²) in [6.07, 6.45) is 0.560. The molecule has 0 bridgehead atoms. The van der Waals surface area contributed by atoms with Gasteiger partial charge in [-0.25, -0.2) is 0 Å². The van der Waals surface area contributed by atoms with Gasteiger partial charge in [-0.15, -0.1) is 0 Å². The van der Waals surface area contributed by atoms with Crippen molar-refractivity contribution >= 4 is 5.69 Å². The standard InChI is InChI=1S/C16H23N3/c1-12-5-6-13(2)15(9-12)19-10-14(7-8-17)18-16(3,4)11-19/h5-6,9,14,18H,7,10-11H2,1-4H3. The van der Waals surface area contributed by atoms with E-state index in [1.807, 2.05) is 0 Å². The van der Waals surface area contributed by atoms with E-state index in [2.05, 4.69) is 62.2 Å². The van der Waals surface area contributed by atoms with Crippen LogP contribution in [0.3, 0.4) is 0 Å². The largest absolute Gasteiger partial charge is 0.368 e. The molecule has 1 saturated heterocycles. The van der Waals surface area contributed by atoms with Gasteiger partial charge in [-0.3, -0.25) is 0 Å². The molecule has 1 aromatic carbocycles. The minimum absolute atomic E-state index is 0.0377. The van der Waals surface area contributed by atoms with E-state index in [0.717, 1.165) is 13.1 Å². The summed E-state index contributed by atoms with van der Waals surface area (Å²) in [5.41, 5.74) is 3.93. The van der Waals surface area contributed by atoms with E-state index in [1.165, 1.54) is 16.8 Å². The molecule has 3 heteroatoms. The fourth-order valence-corrected chi connectivity index (χ4v) is 2.92. The number of hydrogen-bond acceptors (Lipinski definition) is 3. The van der Waals surface area contributed by atoms with Gasteiger partial charge in [0, 0.05) is 30.4 Å². The lowest BCUT2D eigenvalue weighted by Gasteiger charge is -2.45. The molecule has 1 aromatic rings. The Morgan fingerprint density at radius 3 is 2.84 bits per heavy atom. The maximum atomic E-state index is 8.94. The molecule has 1 aliphatic rings. The summed E-state index contributed by atoms with van der Waals surface area (Å²) in [4.78, 5) is 2.42. The quantitative estimate of drug-likeness (QED) is 0.885. The predicted molar refractivity (Wildman–Crippen MR) is 79.4 cm³/mol. The van der Waals surface area contributed by atoms with Crippen LogP contribution in [0.25, 0.3) is 0 Å². The Bertz CT molecular complexity index is 499. The lowest BCUT2D eigenvalue weighted by molar-refractivity contribution is 0.291. The number of nitrogens with one attached hydrogen (secondary N) is 1. The molecule has 1 N–H and O–H groups in total. The monoisotopic (exact) mass is 257 g/mol. The van der Waals surface area contributed by atoms with Gasteiger partial charge < -0.3 is 10.2 Å². The molecular formula is C16H23N3. The van der Waals surface area contributed by atoms with E-state index in [-0.39, 0.29) is 11.6 Å². The lowest BCUT2D eigenvalue weighted by Crippen LogP contribution is -2.62. The van der Waals surface area contributed by atoms with E-state index >= 15 is 0 Å². The number of piperazine rings is 1. The highest BCUT2D eigenvalue weighted by Crippen LogP contribution is 2.26. The molecule has 19 heavy (non-hydrogen) atoms. The topological polar surface area (TPSA) is 39.1 Å². The highest BCUT2D eigenvalue weighted by atomic mass is 15.2. The fraction of sp³-hybridized carbons (Fsp3) is 0.562. The number of nitrogens with zero attached hydrogens (tertiary/aromatic N) is 2. The highest BCUT2D eigenvalue weighted by molar-refractivity contribution is 5.56. The minimum atomic E-state index is 0.0377. The average molecular weight is 257 g/mol. The maximum absolute atomic E-state index is 8.94. The van der Waals surface area contributed by atoms with E-state index in [9.17, 15) is 0 Å². The normalized spacial score (nSPS) is 22.1. The number of aryl methyl sites for hydroxylation is 2. The van der Waals surface area contributed by atoms with Crippen LogP contribution in [0.4, 0.5) is 5.69 Å².